The number of thiophene rings is 1. The van der Waals surface area contributed by atoms with Gasteiger partial charge in [0, 0.05) is 29.9 Å². The summed E-state index contributed by atoms with van der Waals surface area (Å²) in [6.07, 6.45) is -0.796. The van der Waals surface area contributed by atoms with E-state index >= 15 is 0 Å². The Labute approximate surface area is 177 Å². The van der Waals surface area contributed by atoms with Crippen LogP contribution in [0.25, 0.3) is 27.7 Å². The smallest absolute Gasteiger partial charge is 0.348 e. The molecule has 0 radical (unpaired) electrons. The first-order valence-corrected chi connectivity index (χ1v) is 10.6. The first kappa shape index (κ1) is 20.7. The van der Waals surface area contributed by atoms with Gasteiger partial charge >= 0.3 is 5.69 Å². The third kappa shape index (κ3) is 4.03. The number of aliphatic hydroxyl groups excluding tert-OH is 2. The normalized spacial score (nSPS) is 13.0. The molecular weight excluding hydrogens is 402 g/mol. The number of aliphatic hydroxyl groups is 2. The van der Waals surface area contributed by atoms with E-state index in [0.717, 1.165) is 34.1 Å². The van der Waals surface area contributed by atoms with Gasteiger partial charge in [0.2, 0.25) is 0 Å². The molecule has 1 atom stereocenters. The molecule has 0 saturated heterocycles. The van der Waals surface area contributed by atoms with Crippen molar-refractivity contribution in [1.29, 1.82) is 0 Å². The maximum atomic E-state index is 12.4. The van der Waals surface area contributed by atoms with Gasteiger partial charge in [0.05, 0.1) is 18.2 Å². The molecule has 9 heteroatoms. The minimum Gasteiger partial charge on any atom is -0.394 e. The lowest BCUT2D eigenvalue weighted by Gasteiger charge is -2.20. The zero-order chi connectivity index (χ0) is 21.3. The molecule has 3 heterocycles. The van der Waals surface area contributed by atoms with E-state index in [0.29, 0.717) is 18.7 Å². The van der Waals surface area contributed by atoms with Crippen LogP contribution in [0, 0.1) is 0 Å². The molecule has 3 aromatic heterocycles. The van der Waals surface area contributed by atoms with Crippen molar-refractivity contribution in [1.82, 2.24) is 24.8 Å². The highest BCUT2D eigenvalue weighted by molar-refractivity contribution is 7.10. The number of H-pyrrole nitrogens is 1. The Balaban J connectivity index is 1.80. The molecule has 4 rings (SSSR count). The van der Waals surface area contributed by atoms with E-state index in [1.54, 1.807) is 15.7 Å². The monoisotopic (exact) mass is 427 g/mol. The number of nitrogens with one attached hydrogen (secondary N) is 2. The highest BCUT2D eigenvalue weighted by Gasteiger charge is 2.15. The molecule has 8 nitrogen and oxygen atoms in total. The number of rotatable bonds is 8. The van der Waals surface area contributed by atoms with E-state index in [1.165, 1.54) is 4.88 Å². The fourth-order valence-electron chi connectivity index (χ4n) is 3.74. The average Bonchev–Trinajstić information content (AvgIpc) is 3.34. The minimum absolute atomic E-state index is 0.274. The van der Waals surface area contributed by atoms with Crippen LogP contribution < -0.4 is 11.0 Å². The number of hydrogen-bond acceptors (Lipinski definition) is 7. The second-order valence-electron chi connectivity index (χ2n) is 7.49. The Morgan fingerprint density at radius 2 is 2.13 bits per heavy atom. The summed E-state index contributed by atoms with van der Waals surface area (Å²) >= 11 is 1.70. The van der Waals surface area contributed by atoms with Crippen LogP contribution in [-0.2, 0) is 13.1 Å². The van der Waals surface area contributed by atoms with Crippen molar-refractivity contribution in [3.8, 4) is 11.1 Å². The van der Waals surface area contributed by atoms with Crippen LogP contribution in [0.15, 0.2) is 40.5 Å². The van der Waals surface area contributed by atoms with Gasteiger partial charge in [0.1, 0.15) is 0 Å². The maximum absolute atomic E-state index is 12.4. The largest absolute Gasteiger partial charge is 0.394 e. The zero-order valence-electron chi connectivity index (χ0n) is 16.9. The van der Waals surface area contributed by atoms with Crippen LogP contribution in [0.2, 0.25) is 0 Å². The molecule has 0 bridgehead atoms. The van der Waals surface area contributed by atoms with Crippen molar-refractivity contribution < 1.29 is 10.2 Å². The van der Waals surface area contributed by atoms with Crippen molar-refractivity contribution >= 4 is 27.9 Å². The Morgan fingerprint density at radius 1 is 1.30 bits per heavy atom. The number of pyridine rings is 1. The molecule has 30 heavy (non-hydrogen) atoms. The molecule has 0 fully saturated rings. The van der Waals surface area contributed by atoms with Gasteiger partial charge in [-0.05, 0) is 54.4 Å². The molecule has 0 spiro atoms. The van der Waals surface area contributed by atoms with Gasteiger partial charge in [-0.25, -0.2) is 14.3 Å². The summed E-state index contributed by atoms with van der Waals surface area (Å²) in [4.78, 5) is 15.6. The molecule has 0 aliphatic rings. The standard InChI is InChI=1S/C21H25N5O3S/c1-22-8-17-5-15(12-30-17)13-3-4-18-14(9-25(2)10-16(28)11-27)7-20-23-24-21(29)26(20)19(18)6-13/h3-7,12,16,22,27-28H,8-11H2,1-2H3,(H,24,29). The fourth-order valence-corrected chi connectivity index (χ4v) is 4.65. The van der Waals surface area contributed by atoms with Crippen LogP contribution >= 0.6 is 11.3 Å². The van der Waals surface area contributed by atoms with E-state index in [9.17, 15) is 9.90 Å². The predicted octanol–water partition coefficient (Wildman–Crippen LogP) is 1.41. The van der Waals surface area contributed by atoms with Crippen LogP contribution in [0.4, 0.5) is 0 Å². The number of fused-ring (bicyclic) bond motifs is 3. The third-order valence-corrected chi connectivity index (χ3v) is 6.03. The average molecular weight is 428 g/mol. The lowest BCUT2D eigenvalue weighted by Crippen LogP contribution is -2.31. The zero-order valence-corrected chi connectivity index (χ0v) is 17.7. The van der Waals surface area contributed by atoms with E-state index in [1.807, 2.05) is 37.2 Å². The van der Waals surface area contributed by atoms with E-state index in [4.69, 9.17) is 5.11 Å². The number of aromatic nitrogens is 3. The predicted molar refractivity (Wildman–Crippen MR) is 119 cm³/mol. The summed E-state index contributed by atoms with van der Waals surface area (Å²) < 4.78 is 1.59. The molecule has 0 saturated carbocycles. The molecule has 158 valence electrons. The fraction of sp³-hybridized carbons (Fsp3) is 0.333. The van der Waals surface area contributed by atoms with Gasteiger partial charge in [0.25, 0.3) is 0 Å². The minimum atomic E-state index is -0.796. The van der Waals surface area contributed by atoms with E-state index in [2.05, 4.69) is 33.0 Å². The van der Waals surface area contributed by atoms with Crippen LogP contribution in [0.3, 0.4) is 0 Å². The van der Waals surface area contributed by atoms with Crippen molar-refractivity contribution in [2.24, 2.45) is 0 Å². The number of likely N-dealkylation sites (N-methyl/N-ethyl adjacent to an activating group) is 1. The second-order valence-corrected chi connectivity index (χ2v) is 8.48. The molecule has 0 aliphatic carbocycles. The molecule has 4 aromatic rings. The summed E-state index contributed by atoms with van der Waals surface area (Å²) in [5, 5.41) is 31.8. The molecular formula is C21H25N5O3S. The lowest BCUT2D eigenvalue weighted by atomic mass is 10.0. The van der Waals surface area contributed by atoms with Crippen molar-refractivity contribution in [2.75, 3.05) is 27.2 Å². The van der Waals surface area contributed by atoms with Gasteiger partial charge in [0.15, 0.2) is 5.65 Å². The summed E-state index contributed by atoms with van der Waals surface area (Å²) in [5.41, 5.74) is 4.22. The highest BCUT2D eigenvalue weighted by atomic mass is 32.1. The summed E-state index contributed by atoms with van der Waals surface area (Å²) in [6.45, 7) is 1.44. The summed E-state index contributed by atoms with van der Waals surface area (Å²) in [6, 6.07) is 10.2. The molecule has 4 N–H and O–H groups in total. The first-order valence-electron chi connectivity index (χ1n) is 9.72. The van der Waals surface area contributed by atoms with Crippen LogP contribution in [0.1, 0.15) is 10.4 Å². The van der Waals surface area contributed by atoms with Gasteiger partial charge in [-0.1, -0.05) is 12.1 Å². The molecule has 1 unspecified atom stereocenters. The highest BCUT2D eigenvalue weighted by Crippen LogP contribution is 2.30. The third-order valence-electron chi connectivity index (χ3n) is 5.10. The van der Waals surface area contributed by atoms with Gasteiger partial charge in [-0.15, -0.1) is 11.3 Å². The number of hydrogen-bond donors (Lipinski definition) is 4. The summed E-state index contributed by atoms with van der Waals surface area (Å²) in [7, 11) is 3.81. The molecule has 0 amide bonds. The van der Waals surface area contributed by atoms with E-state index < -0.39 is 6.10 Å². The summed E-state index contributed by atoms with van der Waals surface area (Å²) in [5.74, 6) is 0. The first-order chi connectivity index (χ1) is 14.5. The quantitative estimate of drug-likeness (QED) is 0.339. The van der Waals surface area contributed by atoms with Gasteiger partial charge < -0.3 is 15.5 Å². The second kappa shape index (κ2) is 8.66. The number of nitrogens with zero attached hydrogens (tertiary/aromatic N) is 3. The van der Waals surface area contributed by atoms with Crippen molar-refractivity contribution in [2.45, 2.75) is 19.2 Å². The number of benzene rings is 1. The Bertz CT molecular complexity index is 1230. The van der Waals surface area contributed by atoms with Crippen molar-refractivity contribution in [3.05, 3.63) is 56.6 Å². The topological polar surface area (TPSA) is 106 Å². The Hall–Kier alpha value is -2.56. The van der Waals surface area contributed by atoms with Gasteiger partial charge in [-0.3, -0.25) is 4.90 Å². The van der Waals surface area contributed by atoms with Crippen LogP contribution in [0.5, 0.6) is 0 Å². The number of aromatic amines is 1. The SMILES string of the molecule is CNCc1cc(-c2ccc3c(CN(C)CC(O)CO)cc4n[nH]c(=O)n4c3c2)cs1. The Morgan fingerprint density at radius 3 is 2.90 bits per heavy atom. The van der Waals surface area contributed by atoms with E-state index in [-0.39, 0.29) is 12.3 Å². The lowest BCUT2D eigenvalue weighted by molar-refractivity contribution is 0.0649. The van der Waals surface area contributed by atoms with Crippen molar-refractivity contribution in [3.63, 3.8) is 0 Å². The molecule has 0 aliphatic heterocycles. The maximum Gasteiger partial charge on any atom is 0.348 e. The van der Waals surface area contributed by atoms with Crippen LogP contribution in [-0.4, -0.2) is 63.1 Å². The van der Waals surface area contributed by atoms with Gasteiger partial charge in [-0.2, -0.15) is 5.10 Å². The Kier molecular flexibility index (Phi) is 5.98. The molecule has 1 aromatic carbocycles.